The number of carbonyl (C=O) groups excluding carboxylic acids is 1. The van der Waals surface area contributed by atoms with E-state index in [0.717, 1.165) is 12.1 Å². The van der Waals surface area contributed by atoms with Crippen molar-refractivity contribution in [3.8, 4) is 0 Å². The summed E-state index contributed by atoms with van der Waals surface area (Å²) in [5.74, 6) is 0.147. The van der Waals surface area contributed by atoms with E-state index in [-0.39, 0.29) is 5.91 Å². The van der Waals surface area contributed by atoms with Crippen LogP contribution in [0, 0.1) is 0 Å². The normalized spacial score (nSPS) is 10.0. The van der Waals surface area contributed by atoms with Gasteiger partial charge in [0.1, 0.15) is 0 Å². The molecule has 1 amide bonds. The van der Waals surface area contributed by atoms with E-state index in [9.17, 15) is 4.79 Å². The molecule has 0 spiro atoms. The number of amides is 1. The van der Waals surface area contributed by atoms with Crippen molar-refractivity contribution in [1.29, 1.82) is 0 Å². The van der Waals surface area contributed by atoms with Crippen LogP contribution in [0.5, 0.6) is 0 Å². The number of nitrogens with two attached hydrogens (primary N) is 1. The van der Waals surface area contributed by atoms with Gasteiger partial charge in [0.2, 0.25) is 5.91 Å². The Morgan fingerprint density at radius 3 is 2.53 bits per heavy atom. The van der Waals surface area contributed by atoms with Crippen LogP contribution in [0.3, 0.4) is 0 Å². The zero-order valence-electron chi connectivity index (χ0n) is 9.15. The molecule has 1 aromatic carbocycles. The second-order valence-corrected chi connectivity index (χ2v) is 3.42. The van der Waals surface area contributed by atoms with Gasteiger partial charge in [0.25, 0.3) is 0 Å². The zero-order valence-corrected chi connectivity index (χ0v) is 9.15. The predicted molar refractivity (Wildman–Crippen MR) is 61.5 cm³/mol. The Labute approximate surface area is 90.9 Å². The summed E-state index contributed by atoms with van der Waals surface area (Å²) in [6.45, 7) is 3.86. The summed E-state index contributed by atoms with van der Waals surface area (Å²) >= 11 is 0. The summed E-state index contributed by atoms with van der Waals surface area (Å²) in [4.78, 5) is 13.6. The van der Waals surface area contributed by atoms with Crippen molar-refractivity contribution in [3.63, 3.8) is 0 Å². The number of benzene rings is 1. The van der Waals surface area contributed by atoms with Gasteiger partial charge in [-0.25, -0.2) is 0 Å². The zero-order chi connectivity index (χ0) is 11.1. The van der Waals surface area contributed by atoms with E-state index in [1.807, 2.05) is 37.3 Å². The van der Waals surface area contributed by atoms with Gasteiger partial charge in [0.15, 0.2) is 0 Å². The summed E-state index contributed by atoms with van der Waals surface area (Å²) < 4.78 is 0. The highest BCUT2D eigenvalue weighted by molar-refractivity contribution is 5.78. The summed E-state index contributed by atoms with van der Waals surface area (Å²) in [6.07, 6.45) is 0.467. The van der Waals surface area contributed by atoms with Gasteiger partial charge in [-0.15, -0.1) is 0 Å². The monoisotopic (exact) mass is 206 g/mol. The maximum atomic E-state index is 11.8. The number of hydrogen-bond donors (Lipinski definition) is 1. The molecule has 0 aromatic heterocycles. The van der Waals surface area contributed by atoms with Gasteiger partial charge in [-0.05, 0) is 12.5 Å². The first-order chi connectivity index (χ1) is 7.27. The van der Waals surface area contributed by atoms with Crippen LogP contribution in [0.1, 0.15) is 12.5 Å². The lowest BCUT2D eigenvalue weighted by Gasteiger charge is -2.19. The third kappa shape index (κ3) is 3.72. The molecular weight excluding hydrogens is 188 g/mol. The molecule has 82 valence electrons. The van der Waals surface area contributed by atoms with E-state index in [1.54, 1.807) is 4.90 Å². The molecule has 2 N–H and O–H groups in total. The largest absolute Gasteiger partial charge is 0.341 e. The summed E-state index contributed by atoms with van der Waals surface area (Å²) in [7, 11) is 0. The Morgan fingerprint density at radius 1 is 1.33 bits per heavy atom. The molecule has 3 nitrogen and oxygen atoms in total. The van der Waals surface area contributed by atoms with Crippen LogP contribution in [0.2, 0.25) is 0 Å². The van der Waals surface area contributed by atoms with Crippen molar-refractivity contribution < 1.29 is 4.79 Å². The fourth-order valence-electron chi connectivity index (χ4n) is 1.50. The van der Waals surface area contributed by atoms with Crippen LogP contribution in [-0.4, -0.2) is 30.4 Å². The summed E-state index contributed by atoms with van der Waals surface area (Å²) in [5, 5.41) is 0. The predicted octanol–water partition coefficient (Wildman–Crippen LogP) is 1.04. The maximum Gasteiger partial charge on any atom is 0.227 e. The van der Waals surface area contributed by atoms with Gasteiger partial charge in [0.05, 0.1) is 6.42 Å². The van der Waals surface area contributed by atoms with Crippen molar-refractivity contribution in [2.24, 2.45) is 5.73 Å². The van der Waals surface area contributed by atoms with Gasteiger partial charge >= 0.3 is 0 Å². The summed E-state index contributed by atoms with van der Waals surface area (Å²) in [5.41, 5.74) is 6.50. The second-order valence-electron chi connectivity index (χ2n) is 3.42. The molecule has 0 bridgehead atoms. The van der Waals surface area contributed by atoms with Crippen molar-refractivity contribution in [2.75, 3.05) is 19.6 Å². The molecule has 0 aliphatic heterocycles. The third-order valence-electron chi connectivity index (χ3n) is 2.33. The minimum Gasteiger partial charge on any atom is -0.341 e. The Hall–Kier alpha value is -1.35. The van der Waals surface area contributed by atoms with Crippen LogP contribution >= 0.6 is 0 Å². The Balaban J connectivity index is 2.54. The molecule has 1 aromatic rings. The Kier molecular flexibility index (Phi) is 4.84. The van der Waals surface area contributed by atoms with E-state index in [2.05, 4.69) is 0 Å². The molecule has 0 unspecified atom stereocenters. The number of nitrogens with zero attached hydrogens (tertiary/aromatic N) is 1. The third-order valence-corrected chi connectivity index (χ3v) is 2.33. The number of carbonyl (C=O) groups is 1. The molecule has 15 heavy (non-hydrogen) atoms. The van der Waals surface area contributed by atoms with E-state index < -0.39 is 0 Å². The molecule has 0 radical (unpaired) electrons. The van der Waals surface area contributed by atoms with Gasteiger partial charge in [-0.2, -0.15) is 0 Å². The Morgan fingerprint density at radius 2 is 2.00 bits per heavy atom. The van der Waals surface area contributed by atoms with Gasteiger partial charge in [-0.1, -0.05) is 30.3 Å². The molecule has 0 fully saturated rings. The lowest BCUT2D eigenvalue weighted by atomic mass is 10.1. The van der Waals surface area contributed by atoms with E-state index in [4.69, 9.17) is 5.73 Å². The molecule has 0 aliphatic carbocycles. The first kappa shape index (κ1) is 11.7. The molecule has 1 rings (SSSR count). The molecule has 0 heterocycles. The van der Waals surface area contributed by atoms with Crippen LogP contribution in [0.15, 0.2) is 30.3 Å². The molecular formula is C12H18N2O. The molecule has 0 saturated heterocycles. The van der Waals surface area contributed by atoms with Gasteiger partial charge < -0.3 is 10.6 Å². The standard InChI is InChI=1S/C12H18N2O/c1-2-14(9-8-13)12(15)10-11-6-4-3-5-7-11/h3-7H,2,8-10,13H2,1H3. The van der Waals surface area contributed by atoms with Gasteiger partial charge in [-0.3, -0.25) is 4.79 Å². The van der Waals surface area contributed by atoms with Crippen molar-refractivity contribution in [3.05, 3.63) is 35.9 Å². The minimum atomic E-state index is 0.147. The van der Waals surface area contributed by atoms with E-state index in [0.29, 0.717) is 19.5 Å². The average molecular weight is 206 g/mol. The molecule has 0 saturated carbocycles. The Bertz CT molecular complexity index is 298. The summed E-state index contributed by atoms with van der Waals surface area (Å²) in [6, 6.07) is 9.78. The highest BCUT2D eigenvalue weighted by Crippen LogP contribution is 2.02. The van der Waals surface area contributed by atoms with Crippen LogP contribution in [-0.2, 0) is 11.2 Å². The fraction of sp³-hybridized carbons (Fsp3) is 0.417. The van der Waals surface area contributed by atoms with Crippen molar-refractivity contribution >= 4 is 5.91 Å². The molecule has 0 aliphatic rings. The quantitative estimate of drug-likeness (QED) is 0.782. The lowest BCUT2D eigenvalue weighted by molar-refractivity contribution is -0.130. The first-order valence-electron chi connectivity index (χ1n) is 5.29. The van der Waals surface area contributed by atoms with Crippen LogP contribution in [0.25, 0.3) is 0 Å². The molecule has 3 heteroatoms. The smallest absolute Gasteiger partial charge is 0.227 e. The maximum absolute atomic E-state index is 11.8. The van der Waals surface area contributed by atoms with Crippen LogP contribution in [0.4, 0.5) is 0 Å². The number of rotatable bonds is 5. The van der Waals surface area contributed by atoms with E-state index in [1.165, 1.54) is 0 Å². The SMILES string of the molecule is CCN(CCN)C(=O)Cc1ccccc1. The van der Waals surface area contributed by atoms with E-state index >= 15 is 0 Å². The highest BCUT2D eigenvalue weighted by atomic mass is 16.2. The lowest BCUT2D eigenvalue weighted by Crippen LogP contribution is -2.36. The fourth-order valence-corrected chi connectivity index (χ4v) is 1.50. The minimum absolute atomic E-state index is 0.147. The molecule has 0 atom stereocenters. The average Bonchev–Trinajstić information content (AvgIpc) is 2.27. The second kappa shape index (κ2) is 6.19. The van der Waals surface area contributed by atoms with Crippen molar-refractivity contribution in [2.45, 2.75) is 13.3 Å². The van der Waals surface area contributed by atoms with Crippen molar-refractivity contribution in [1.82, 2.24) is 4.90 Å². The van der Waals surface area contributed by atoms with Crippen LogP contribution < -0.4 is 5.73 Å². The number of likely N-dealkylation sites (N-methyl/N-ethyl adjacent to an activating group) is 1. The first-order valence-corrected chi connectivity index (χ1v) is 5.29. The van der Waals surface area contributed by atoms with Gasteiger partial charge in [0, 0.05) is 19.6 Å². The highest BCUT2D eigenvalue weighted by Gasteiger charge is 2.10. The topological polar surface area (TPSA) is 46.3 Å². The number of hydrogen-bond acceptors (Lipinski definition) is 2.